The Balaban J connectivity index is 6.03. The molecule has 0 saturated heterocycles. The van der Waals surface area contributed by atoms with Crippen molar-refractivity contribution in [2.75, 3.05) is 6.61 Å². The molecule has 0 aromatic carbocycles. The van der Waals surface area contributed by atoms with Crippen molar-refractivity contribution in [2.24, 2.45) is 5.92 Å². The second-order valence-electron chi connectivity index (χ2n) is 5.01. The SMILES string of the molecule is CC=C(C)CC(C(=O)OCC)(C(CC)CC)P(=O)(O)O. The third kappa shape index (κ3) is 3.94. The Morgan fingerprint density at radius 2 is 1.80 bits per heavy atom. The van der Waals surface area contributed by atoms with Crippen LogP contribution in [0.2, 0.25) is 0 Å². The van der Waals surface area contributed by atoms with Gasteiger partial charge in [-0.15, -0.1) is 0 Å². The van der Waals surface area contributed by atoms with E-state index in [-0.39, 0.29) is 13.0 Å². The Kier molecular flexibility index (Phi) is 7.71. The molecule has 6 heteroatoms. The van der Waals surface area contributed by atoms with Gasteiger partial charge in [0.25, 0.3) is 0 Å². The number of carbonyl (C=O) groups is 1. The van der Waals surface area contributed by atoms with Gasteiger partial charge in [0, 0.05) is 0 Å². The third-order valence-electron chi connectivity index (χ3n) is 3.85. The van der Waals surface area contributed by atoms with E-state index in [0.717, 1.165) is 5.57 Å². The number of allylic oxidation sites excluding steroid dienone is 2. The highest BCUT2D eigenvalue weighted by Gasteiger charge is 2.58. The lowest BCUT2D eigenvalue weighted by atomic mass is 9.82. The van der Waals surface area contributed by atoms with E-state index >= 15 is 0 Å². The van der Waals surface area contributed by atoms with Crippen molar-refractivity contribution in [1.82, 2.24) is 0 Å². The average Bonchev–Trinajstić information content (AvgIpc) is 2.37. The van der Waals surface area contributed by atoms with Crippen LogP contribution in [0.15, 0.2) is 11.6 Å². The number of hydrogen-bond donors (Lipinski definition) is 2. The fraction of sp³-hybridized carbons (Fsp3) is 0.786. The molecule has 0 bridgehead atoms. The molecule has 0 aliphatic heterocycles. The third-order valence-corrected chi connectivity index (χ3v) is 5.60. The fourth-order valence-corrected chi connectivity index (χ4v) is 4.19. The van der Waals surface area contributed by atoms with E-state index in [0.29, 0.717) is 12.8 Å². The van der Waals surface area contributed by atoms with E-state index in [9.17, 15) is 19.1 Å². The normalized spacial score (nSPS) is 16.1. The lowest BCUT2D eigenvalue weighted by Crippen LogP contribution is -2.47. The number of carbonyl (C=O) groups excluding carboxylic acids is 1. The molecule has 1 unspecified atom stereocenters. The molecule has 0 aromatic rings. The largest absolute Gasteiger partial charge is 0.465 e. The Labute approximate surface area is 121 Å². The molecule has 0 heterocycles. The first-order valence-corrected chi connectivity index (χ1v) is 8.67. The number of hydrogen-bond acceptors (Lipinski definition) is 3. The van der Waals surface area contributed by atoms with Gasteiger partial charge in [0.2, 0.25) is 0 Å². The van der Waals surface area contributed by atoms with Gasteiger partial charge in [-0.3, -0.25) is 9.36 Å². The molecule has 1 atom stereocenters. The zero-order valence-corrected chi connectivity index (χ0v) is 13.9. The van der Waals surface area contributed by atoms with Crippen LogP contribution in [0.5, 0.6) is 0 Å². The smallest absolute Gasteiger partial charge is 0.343 e. The quantitative estimate of drug-likeness (QED) is 0.408. The highest BCUT2D eigenvalue weighted by Crippen LogP contribution is 2.59. The molecular weight excluding hydrogens is 279 g/mol. The Morgan fingerprint density at radius 3 is 2.10 bits per heavy atom. The lowest BCUT2D eigenvalue weighted by molar-refractivity contribution is -0.149. The van der Waals surface area contributed by atoms with E-state index in [2.05, 4.69) is 0 Å². The average molecular weight is 306 g/mol. The van der Waals surface area contributed by atoms with Crippen LogP contribution < -0.4 is 0 Å². The highest BCUT2D eigenvalue weighted by atomic mass is 31.2. The highest BCUT2D eigenvalue weighted by molar-refractivity contribution is 7.54. The summed E-state index contributed by atoms with van der Waals surface area (Å²) in [5.41, 5.74) is 0.772. The van der Waals surface area contributed by atoms with Gasteiger partial charge in [0.05, 0.1) is 6.61 Å². The van der Waals surface area contributed by atoms with Crippen molar-refractivity contribution in [3.8, 4) is 0 Å². The summed E-state index contributed by atoms with van der Waals surface area (Å²) >= 11 is 0. The maximum Gasteiger partial charge on any atom is 0.343 e. The molecule has 0 aliphatic rings. The molecule has 0 saturated carbocycles. The maximum absolute atomic E-state index is 12.4. The van der Waals surface area contributed by atoms with Gasteiger partial charge in [-0.1, -0.05) is 38.3 Å². The van der Waals surface area contributed by atoms with Crippen LogP contribution in [0.1, 0.15) is 53.9 Å². The minimum atomic E-state index is -4.66. The van der Waals surface area contributed by atoms with Crippen molar-refractivity contribution in [2.45, 2.75) is 59.0 Å². The zero-order chi connectivity index (χ0) is 16.0. The Morgan fingerprint density at radius 1 is 1.30 bits per heavy atom. The summed E-state index contributed by atoms with van der Waals surface area (Å²) < 4.78 is 17.2. The summed E-state index contributed by atoms with van der Waals surface area (Å²) in [5.74, 6) is -1.21. The number of ether oxygens (including phenoxy) is 1. The van der Waals surface area contributed by atoms with Gasteiger partial charge in [-0.05, 0) is 33.1 Å². The van der Waals surface area contributed by atoms with Gasteiger partial charge in [0.15, 0.2) is 5.16 Å². The first kappa shape index (κ1) is 19.4. The van der Waals surface area contributed by atoms with Gasteiger partial charge in [0.1, 0.15) is 0 Å². The monoisotopic (exact) mass is 306 g/mol. The van der Waals surface area contributed by atoms with Gasteiger partial charge >= 0.3 is 13.6 Å². The molecular formula is C14H27O5P. The summed E-state index contributed by atoms with van der Waals surface area (Å²) in [7, 11) is -4.66. The molecule has 0 spiro atoms. The van der Waals surface area contributed by atoms with Crippen LogP contribution in [0.4, 0.5) is 0 Å². The molecule has 0 aliphatic carbocycles. The lowest BCUT2D eigenvalue weighted by Gasteiger charge is -2.38. The summed E-state index contributed by atoms with van der Waals surface area (Å²) in [6, 6.07) is 0. The summed E-state index contributed by atoms with van der Waals surface area (Å²) in [5, 5.41) is -1.77. The van der Waals surface area contributed by atoms with E-state index in [1.54, 1.807) is 26.8 Å². The van der Waals surface area contributed by atoms with Crippen molar-refractivity contribution in [1.29, 1.82) is 0 Å². The molecule has 20 heavy (non-hydrogen) atoms. The fourth-order valence-electron chi connectivity index (χ4n) is 2.59. The van der Waals surface area contributed by atoms with Crippen molar-refractivity contribution in [3.63, 3.8) is 0 Å². The number of rotatable bonds is 8. The minimum Gasteiger partial charge on any atom is -0.465 e. The van der Waals surface area contributed by atoms with E-state index in [4.69, 9.17) is 4.74 Å². The van der Waals surface area contributed by atoms with E-state index in [1.807, 2.05) is 13.8 Å². The minimum absolute atomic E-state index is 0.0267. The Bertz CT molecular complexity index is 394. The second-order valence-corrected chi connectivity index (χ2v) is 6.90. The van der Waals surface area contributed by atoms with Gasteiger partial charge < -0.3 is 14.5 Å². The topological polar surface area (TPSA) is 83.8 Å². The van der Waals surface area contributed by atoms with Gasteiger partial charge in [-0.25, -0.2) is 0 Å². The van der Waals surface area contributed by atoms with E-state index in [1.165, 1.54) is 0 Å². The molecule has 2 N–H and O–H groups in total. The summed E-state index contributed by atoms with van der Waals surface area (Å²) in [6.07, 6.45) is 2.82. The van der Waals surface area contributed by atoms with Crippen molar-refractivity contribution < 1.29 is 23.9 Å². The van der Waals surface area contributed by atoms with Crippen molar-refractivity contribution >= 4 is 13.6 Å². The van der Waals surface area contributed by atoms with Crippen LogP contribution in [0.3, 0.4) is 0 Å². The molecule has 0 amide bonds. The van der Waals surface area contributed by atoms with Crippen LogP contribution in [0.25, 0.3) is 0 Å². The first-order chi connectivity index (χ1) is 9.21. The molecule has 5 nitrogen and oxygen atoms in total. The molecule has 0 fully saturated rings. The molecule has 0 rings (SSSR count). The predicted octanol–water partition coefficient (Wildman–Crippen LogP) is 3.26. The zero-order valence-electron chi connectivity index (χ0n) is 13.0. The number of esters is 1. The van der Waals surface area contributed by atoms with Gasteiger partial charge in [-0.2, -0.15) is 0 Å². The van der Waals surface area contributed by atoms with Crippen molar-refractivity contribution in [3.05, 3.63) is 11.6 Å². The Hall–Kier alpha value is -0.640. The maximum atomic E-state index is 12.4. The van der Waals surface area contributed by atoms with Crippen LogP contribution in [-0.2, 0) is 14.1 Å². The summed E-state index contributed by atoms with van der Waals surface area (Å²) in [4.78, 5) is 32.2. The van der Waals surface area contributed by atoms with Crippen LogP contribution >= 0.6 is 7.60 Å². The summed E-state index contributed by atoms with van der Waals surface area (Å²) in [6.45, 7) is 8.97. The standard InChI is InChI=1S/C14H27O5P/c1-6-11(5)10-14(20(16,17)18,12(7-2)8-3)13(15)19-9-4/h6,12H,7-10H2,1-5H3,(H2,16,17,18). The van der Waals surface area contributed by atoms with Crippen LogP contribution in [0, 0.1) is 5.92 Å². The predicted molar refractivity (Wildman–Crippen MR) is 79.5 cm³/mol. The second kappa shape index (κ2) is 7.96. The molecule has 0 aromatic heterocycles. The van der Waals surface area contributed by atoms with Crippen LogP contribution in [-0.4, -0.2) is 27.5 Å². The van der Waals surface area contributed by atoms with E-state index < -0.39 is 24.6 Å². The first-order valence-electron chi connectivity index (χ1n) is 7.05. The molecule has 0 radical (unpaired) electrons. The molecule has 118 valence electrons.